The molecule has 2 aromatic rings. The summed E-state index contributed by atoms with van der Waals surface area (Å²) in [6, 6.07) is 7.59. The summed E-state index contributed by atoms with van der Waals surface area (Å²) in [6.45, 7) is 5.73. The van der Waals surface area contributed by atoms with Gasteiger partial charge in [0.1, 0.15) is 5.75 Å². The number of hydrogen-bond donors (Lipinski definition) is 1. The monoisotopic (exact) mass is 244 g/mol. The maximum atomic E-state index is 11.5. The Morgan fingerprint density at radius 1 is 1.22 bits per heavy atom. The molecule has 4 nitrogen and oxygen atoms in total. The molecule has 0 unspecified atom stereocenters. The number of aromatic nitrogens is 2. The Morgan fingerprint density at radius 2 is 1.89 bits per heavy atom. The minimum absolute atomic E-state index is 0.109. The second-order valence-electron chi connectivity index (χ2n) is 4.40. The molecule has 0 aliphatic heterocycles. The number of aromatic amines is 1. The van der Waals surface area contributed by atoms with E-state index >= 15 is 0 Å². The van der Waals surface area contributed by atoms with Gasteiger partial charge in [0, 0.05) is 11.1 Å². The predicted octanol–water partition coefficient (Wildman–Crippen LogP) is 2.53. The van der Waals surface area contributed by atoms with Crippen LogP contribution in [0.2, 0.25) is 0 Å². The van der Waals surface area contributed by atoms with Gasteiger partial charge in [-0.15, -0.1) is 0 Å². The Kier molecular flexibility index (Phi) is 3.46. The van der Waals surface area contributed by atoms with Crippen LogP contribution >= 0.6 is 0 Å². The van der Waals surface area contributed by atoms with Crippen LogP contribution in [0.15, 0.2) is 35.4 Å². The number of rotatable bonds is 3. The van der Waals surface area contributed by atoms with Crippen molar-refractivity contribution in [2.75, 3.05) is 0 Å². The molecule has 0 aliphatic rings. The first-order valence-electron chi connectivity index (χ1n) is 5.89. The van der Waals surface area contributed by atoms with E-state index in [9.17, 15) is 4.79 Å². The van der Waals surface area contributed by atoms with Crippen molar-refractivity contribution in [3.63, 3.8) is 0 Å². The van der Waals surface area contributed by atoms with Gasteiger partial charge >= 0.3 is 0 Å². The van der Waals surface area contributed by atoms with E-state index in [4.69, 9.17) is 4.74 Å². The van der Waals surface area contributed by atoms with E-state index in [0.717, 1.165) is 11.3 Å². The van der Waals surface area contributed by atoms with Gasteiger partial charge in [-0.1, -0.05) is 0 Å². The third-order valence-electron chi connectivity index (χ3n) is 2.58. The third kappa shape index (κ3) is 2.59. The fourth-order valence-corrected chi connectivity index (χ4v) is 1.72. The van der Waals surface area contributed by atoms with Gasteiger partial charge in [0.05, 0.1) is 18.1 Å². The molecule has 0 spiro atoms. The summed E-state index contributed by atoms with van der Waals surface area (Å²) in [5.41, 5.74) is 2.13. The predicted molar refractivity (Wildman–Crippen MR) is 70.8 cm³/mol. The van der Waals surface area contributed by atoms with Gasteiger partial charge in [0.15, 0.2) is 0 Å². The molecular weight excluding hydrogens is 228 g/mol. The van der Waals surface area contributed by atoms with Gasteiger partial charge in [-0.25, -0.2) is 4.98 Å². The number of ether oxygens (including phenoxy) is 1. The first-order chi connectivity index (χ1) is 8.58. The van der Waals surface area contributed by atoms with E-state index in [0.29, 0.717) is 11.3 Å². The lowest BCUT2D eigenvalue weighted by Crippen LogP contribution is -2.11. The van der Waals surface area contributed by atoms with Gasteiger partial charge in [-0.3, -0.25) is 4.79 Å². The number of hydrogen-bond acceptors (Lipinski definition) is 3. The highest BCUT2D eigenvalue weighted by atomic mass is 16.5. The number of nitrogens with one attached hydrogen (secondary N) is 1. The second-order valence-corrected chi connectivity index (χ2v) is 4.40. The Hall–Kier alpha value is -2.10. The maximum absolute atomic E-state index is 11.5. The highest BCUT2D eigenvalue weighted by molar-refractivity contribution is 5.62. The van der Waals surface area contributed by atoms with Crippen LogP contribution in [-0.2, 0) is 0 Å². The van der Waals surface area contributed by atoms with Crippen molar-refractivity contribution in [1.29, 1.82) is 0 Å². The molecule has 1 heterocycles. The van der Waals surface area contributed by atoms with Gasteiger partial charge in [0.2, 0.25) is 0 Å². The molecule has 4 heteroatoms. The standard InChI is InChI=1S/C14H16N2O2/c1-9(2)18-12-6-4-11(5-7-12)13-10(3)14(17)16-8-15-13/h4-9H,1-3H3,(H,15,16,17). The molecule has 0 saturated carbocycles. The van der Waals surface area contributed by atoms with Crippen molar-refractivity contribution in [1.82, 2.24) is 9.97 Å². The number of nitrogens with zero attached hydrogens (tertiary/aromatic N) is 1. The summed E-state index contributed by atoms with van der Waals surface area (Å²) in [6.07, 6.45) is 1.57. The highest BCUT2D eigenvalue weighted by Crippen LogP contribution is 2.22. The Morgan fingerprint density at radius 3 is 2.50 bits per heavy atom. The quantitative estimate of drug-likeness (QED) is 0.902. The van der Waals surface area contributed by atoms with E-state index in [1.165, 1.54) is 6.33 Å². The molecule has 1 N–H and O–H groups in total. The van der Waals surface area contributed by atoms with E-state index in [1.807, 2.05) is 38.1 Å². The van der Waals surface area contributed by atoms with Crippen LogP contribution in [-0.4, -0.2) is 16.1 Å². The molecule has 2 rings (SSSR count). The minimum Gasteiger partial charge on any atom is -0.491 e. The van der Waals surface area contributed by atoms with Crippen LogP contribution < -0.4 is 10.3 Å². The summed E-state index contributed by atoms with van der Waals surface area (Å²) >= 11 is 0. The molecule has 0 saturated heterocycles. The van der Waals surface area contributed by atoms with Crippen LogP contribution in [0.4, 0.5) is 0 Å². The molecule has 94 valence electrons. The average molecular weight is 244 g/mol. The van der Waals surface area contributed by atoms with E-state index < -0.39 is 0 Å². The molecule has 18 heavy (non-hydrogen) atoms. The molecule has 0 radical (unpaired) electrons. The fourth-order valence-electron chi connectivity index (χ4n) is 1.72. The van der Waals surface area contributed by atoms with E-state index in [-0.39, 0.29) is 11.7 Å². The molecule has 0 aliphatic carbocycles. The SMILES string of the molecule is Cc1c(-c2ccc(OC(C)C)cc2)nc[nH]c1=O. The second kappa shape index (κ2) is 5.04. The van der Waals surface area contributed by atoms with Crippen LogP contribution in [0.3, 0.4) is 0 Å². The molecule has 0 bridgehead atoms. The van der Waals surface area contributed by atoms with Gasteiger partial charge in [0.25, 0.3) is 5.56 Å². The van der Waals surface area contributed by atoms with Crippen molar-refractivity contribution in [3.8, 4) is 17.0 Å². The van der Waals surface area contributed by atoms with Gasteiger partial charge < -0.3 is 9.72 Å². The molecule has 0 fully saturated rings. The Bertz CT molecular complexity index is 585. The molecule has 1 aromatic carbocycles. The van der Waals surface area contributed by atoms with Crippen molar-refractivity contribution in [2.45, 2.75) is 26.9 Å². The fraction of sp³-hybridized carbons (Fsp3) is 0.286. The lowest BCUT2D eigenvalue weighted by Gasteiger charge is -2.10. The van der Waals surface area contributed by atoms with Crippen LogP contribution in [0, 0.1) is 6.92 Å². The zero-order valence-corrected chi connectivity index (χ0v) is 10.7. The average Bonchev–Trinajstić information content (AvgIpc) is 2.33. The van der Waals surface area contributed by atoms with Crippen molar-refractivity contribution < 1.29 is 4.74 Å². The van der Waals surface area contributed by atoms with Crippen LogP contribution in [0.5, 0.6) is 5.75 Å². The van der Waals surface area contributed by atoms with Crippen molar-refractivity contribution >= 4 is 0 Å². The van der Waals surface area contributed by atoms with E-state index in [1.54, 1.807) is 6.92 Å². The number of benzene rings is 1. The molecule has 0 atom stereocenters. The number of H-pyrrole nitrogens is 1. The zero-order chi connectivity index (χ0) is 13.1. The van der Waals surface area contributed by atoms with Gasteiger partial charge in [-0.05, 0) is 45.0 Å². The topological polar surface area (TPSA) is 55.0 Å². The third-order valence-corrected chi connectivity index (χ3v) is 2.58. The molecule has 1 aromatic heterocycles. The highest BCUT2D eigenvalue weighted by Gasteiger charge is 2.06. The van der Waals surface area contributed by atoms with Gasteiger partial charge in [-0.2, -0.15) is 0 Å². The zero-order valence-electron chi connectivity index (χ0n) is 10.7. The van der Waals surface area contributed by atoms with Crippen molar-refractivity contribution in [2.24, 2.45) is 0 Å². The summed E-state index contributed by atoms with van der Waals surface area (Å²) in [5, 5.41) is 0. The Balaban J connectivity index is 2.35. The Labute approximate surface area is 106 Å². The summed E-state index contributed by atoms with van der Waals surface area (Å²) < 4.78 is 5.57. The lowest BCUT2D eigenvalue weighted by atomic mass is 10.1. The normalized spacial score (nSPS) is 10.7. The van der Waals surface area contributed by atoms with Crippen LogP contribution in [0.1, 0.15) is 19.4 Å². The summed E-state index contributed by atoms with van der Waals surface area (Å²) in [5.74, 6) is 0.816. The summed E-state index contributed by atoms with van der Waals surface area (Å²) in [7, 11) is 0. The smallest absolute Gasteiger partial charge is 0.254 e. The lowest BCUT2D eigenvalue weighted by molar-refractivity contribution is 0.242. The first kappa shape index (κ1) is 12.4. The van der Waals surface area contributed by atoms with Crippen LogP contribution in [0.25, 0.3) is 11.3 Å². The minimum atomic E-state index is -0.109. The summed E-state index contributed by atoms with van der Waals surface area (Å²) in [4.78, 5) is 18.3. The van der Waals surface area contributed by atoms with E-state index in [2.05, 4.69) is 9.97 Å². The van der Waals surface area contributed by atoms with Crippen molar-refractivity contribution in [3.05, 3.63) is 46.5 Å². The first-order valence-corrected chi connectivity index (χ1v) is 5.89. The molecule has 0 amide bonds. The maximum Gasteiger partial charge on any atom is 0.254 e. The molecular formula is C14H16N2O2. The largest absolute Gasteiger partial charge is 0.491 e.